The Morgan fingerprint density at radius 3 is 2.64 bits per heavy atom. The van der Waals surface area contributed by atoms with Gasteiger partial charge in [-0.15, -0.1) is 11.6 Å². The molecule has 0 heterocycles. The SMILES string of the molecule is COC(=O)NCC(=O)CC(CCl)SC. The van der Waals surface area contributed by atoms with E-state index in [4.69, 9.17) is 11.6 Å². The van der Waals surface area contributed by atoms with Gasteiger partial charge in [-0.1, -0.05) is 0 Å². The van der Waals surface area contributed by atoms with Gasteiger partial charge in [0.1, 0.15) is 0 Å². The smallest absolute Gasteiger partial charge is 0.407 e. The van der Waals surface area contributed by atoms with Gasteiger partial charge in [-0.3, -0.25) is 4.79 Å². The largest absolute Gasteiger partial charge is 0.453 e. The van der Waals surface area contributed by atoms with Crippen molar-refractivity contribution >= 4 is 35.2 Å². The topological polar surface area (TPSA) is 55.4 Å². The van der Waals surface area contributed by atoms with Crippen LogP contribution < -0.4 is 5.32 Å². The number of carbonyl (C=O) groups excluding carboxylic acids is 2. The molecule has 14 heavy (non-hydrogen) atoms. The van der Waals surface area contributed by atoms with Gasteiger partial charge in [0.05, 0.1) is 13.7 Å². The molecule has 0 spiro atoms. The van der Waals surface area contributed by atoms with Gasteiger partial charge in [0.2, 0.25) is 0 Å². The van der Waals surface area contributed by atoms with Gasteiger partial charge >= 0.3 is 6.09 Å². The van der Waals surface area contributed by atoms with Crippen LogP contribution in [0, 0.1) is 0 Å². The average molecular weight is 240 g/mol. The number of ether oxygens (including phenoxy) is 1. The van der Waals surface area contributed by atoms with Crippen molar-refractivity contribution in [3.8, 4) is 0 Å². The number of carbonyl (C=O) groups is 2. The number of hydrogen-bond donors (Lipinski definition) is 1. The number of Topliss-reactive ketones (excluding diaryl/α,β-unsaturated/α-hetero) is 1. The number of halogens is 1. The second-order valence-corrected chi connectivity index (χ2v) is 4.05. The summed E-state index contributed by atoms with van der Waals surface area (Å²) in [4.78, 5) is 21.9. The van der Waals surface area contributed by atoms with Gasteiger partial charge in [-0.25, -0.2) is 4.79 Å². The van der Waals surface area contributed by atoms with Gasteiger partial charge < -0.3 is 10.1 Å². The first kappa shape index (κ1) is 13.6. The molecule has 0 saturated carbocycles. The molecule has 6 heteroatoms. The molecule has 1 N–H and O–H groups in total. The van der Waals surface area contributed by atoms with Gasteiger partial charge in [-0.2, -0.15) is 11.8 Å². The Labute approximate surface area is 92.7 Å². The highest BCUT2D eigenvalue weighted by Crippen LogP contribution is 2.12. The van der Waals surface area contributed by atoms with Crippen LogP contribution in [0.3, 0.4) is 0 Å². The summed E-state index contributed by atoms with van der Waals surface area (Å²) in [5.41, 5.74) is 0. The van der Waals surface area contributed by atoms with Crippen molar-refractivity contribution in [2.24, 2.45) is 0 Å². The molecule has 0 rings (SSSR count). The molecule has 1 atom stereocenters. The van der Waals surface area contributed by atoms with Crippen molar-refractivity contribution < 1.29 is 14.3 Å². The molecule has 0 aromatic rings. The van der Waals surface area contributed by atoms with Crippen LogP contribution in [0.2, 0.25) is 0 Å². The summed E-state index contributed by atoms with van der Waals surface area (Å²) in [5, 5.41) is 2.44. The molecule has 0 aliphatic rings. The molecule has 0 aliphatic carbocycles. The third-order valence-corrected chi connectivity index (χ3v) is 3.13. The van der Waals surface area contributed by atoms with Gasteiger partial charge in [0.25, 0.3) is 0 Å². The lowest BCUT2D eigenvalue weighted by atomic mass is 10.2. The Hall–Kier alpha value is -0.420. The van der Waals surface area contributed by atoms with Gasteiger partial charge in [0, 0.05) is 17.6 Å². The number of alkyl carbamates (subject to hydrolysis) is 1. The van der Waals surface area contributed by atoms with E-state index < -0.39 is 6.09 Å². The number of amides is 1. The Kier molecular flexibility index (Phi) is 7.70. The summed E-state index contributed by atoms with van der Waals surface area (Å²) in [5.74, 6) is 0.390. The molecule has 1 unspecified atom stereocenters. The fraction of sp³-hybridized carbons (Fsp3) is 0.750. The van der Waals surface area contributed by atoms with Gasteiger partial charge in [0.15, 0.2) is 5.78 Å². The van der Waals surface area contributed by atoms with Crippen molar-refractivity contribution in [2.45, 2.75) is 11.7 Å². The predicted molar refractivity (Wildman–Crippen MR) is 58.1 cm³/mol. The van der Waals surface area contributed by atoms with E-state index in [0.717, 1.165) is 0 Å². The van der Waals surface area contributed by atoms with Crippen LogP contribution in [-0.2, 0) is 9.53 Å². The minimum absolute atomic E-state index is 0.000617. The molecule has 0 bridgehead atoms. The van der Waals surface area contributed by atoms with Crippen LogP contribution >= 0.6 is 23.4 Å². The van der Waals surface area contributed by atoms with Crippen molar-refractivity contribution in [3.05, 3.63) is 0 Å². The second kappa shape index (κ2) is 7.94. The number of rotatable bonds is 6. The van der Waals surface area contributed by atoms with Crippen molar-refractivity contribution in [1.29, 1.82) is 0 Å². The molecule has 82 valence electrons. The van der Waals surface area contributed by atoms with E-state index in [9.17, 15) is 9.59 Å². The lowest BCUT2D eigenvalue weighted by Gasteiger charge is -2.09. The van der Waals surface area contributed by atoms with E-state index in [1.54, 1.807) is 11.8 Å². The third-order valence-electron chi connectivity index (χ3n) is 1.58. The van der Waals surface area contributed by atoms with Gasteiger partial charge in [-0.05, 0) is 6.26 Å². The molecule has 4 nitrogen and oxygen atoms in total. The monoisotopic (exact) mass is 239 g/mol. The molecule has 0 aromatic carbocycles. The Morgan fingerprint density at radius 2 is 2.21 bits per heavy atom. The Balaban J connectivity index is 3.69. The fourth-order valence-electron chi connectivity index (χ4n) is 0.770. The minimum atomic E-state index is -0.593. The standard InChI is InChI=1S/C8H14ClNO3S/c1-13-8(12)10-5-6(11)3-7(4-9)14-2/h7H,3-5H2,1-2H3,(H,10,12). The zero-order valence-corrected chi connectivity index (χ0v) is 9.78. The van der Waals surface area contributed by atoms with E-state index in [2.05, 4.69) is 10.1 Å². The summed E-state index contributed by atoms with van der Waals surface area (Å²) in [6.45, 7) is 0.000617. The zero-order chi connectivity index (χ0) is 11.0. The van der Waals surface area contributed by atoms with E-state index in [1.807, 2.05) is 6.26 Å². The predicted octanol–water partition coefficient (Wildman–Crippen LogP) is 1.27. The summed E-state index contributed by atoms with van der Waals surface area (Å²) in [6.07, 6.45) is 1.67. The number of thioether (sulfide) groups is 1. The van der Waals surface area contributed by atoms with E-state index in [-0.39, 0.29) is 17.6 Å². The highest BCUT2D eigenvalue weighted by Gasteiger charge is 2.12. The Bertz CT molecular complexity index is 197. The molecule has 0 fully saturated rings. The minimum Gasteiger partial charge on any atom is -0.453 e. The van der Waals surface area contributed by atoms with Crippen molar-refractivity contribution in [3.63, 3.8) is 0 Å². The molecular weight excluding hydrogens is 226 g/mol. The molecule has 0 aromatic heterocycles. The number of methoxy groups -OCH3 is 1. The number of alkyl halides is 1. The van der Waals surface area contributed by atoms with Crippen molar-refractivity contribution in [2.75, 3.05) is 25.8 Å². The van der Waals surface area contributed by atoms with Crippen LogP contribution in [0.15, 0.2) is 0 Å². The normalized spacial score (nSPS) is 11.9. The fourth-order valence-corrected chi connectivity index (χ4v) is 1.74. The van der Waals surface area contributed by atoms with E-state index in [1.165, 1.54) is 7.11 Å². The van der Waals surface area contributed by atoms with E-state index >= 15 is 0 Å². The highest BCUT2D eigenvalue weighted by molar-refractivity contribution is 7.99. The summed E-state index contributed by atoms with van der Waals surface area (Å²) in [6, 6.07) is 0. The highest BCUT2D eigenvalue weighted by atomic mass is 35.5. The quantitative estimate of drug-likeness (QED) is 0.710. The van der Waals surface area contributed by atoms with Crippen LogP contribution in [0.1, 0.15) is 6.42 Å². The van der Waals surface area contributed by atoms with Crippen LogP contribution in [0.5, 0.6) is 0 Å². The maximum absolute atomic E-state index is 11.2. The zero-order valence-electron chi connectivity index (χ0n) is 8.21. The number of hydrogen-bond acceptors (Lipinski definition) is 4. The van der Waals surface area contributed by atoms with Crippen molar-refractivity contribution in [1.82, 2.24) is 5.32 Å². The average Bonchev–Trinajstić information content (AvgIpc) is 2.22. The lowest BCUT2D eigenvalue weighted by molar-refractivity contribution is -0.118. The van der Waals surface area contributed by atoms with Crippen LogP contribution in [-0.4, -0.2) is 42.9 Å². The first-order valence-electron chi connectivity index (χ1n) is 4.06. The maximum atomic E-state index is 11.2. The molecule has 0 aliphatic heterocycles. The van der Waals surface area contributed by atoms with Crippen LogP contribution in [0.25, 0.3) is 0 Å². The number of ketones is 1. The summed E-state index contributed by atoms with van der Waals surface area (Å²) >= 11 is 7.16. The molecule has 0 saturated heterocycles. The first-order chi connectivity index (χ1) is 6.63. The van der Waals surface area contributed by atoms with Crippen LogP contribution in [0.4, 0.5) is 4.79 Å². The maximum Gasteiger partial charge on any atom is 0.407 e. The molecule has 0 radical (unpaired) electrons. The Morgan fingerprint density at radius 1 is 1.57 bits per heavy atom. The molecule has 1 amide bonds. The first-order valence-corrected chi connectivity index (χ1v) is 5.88. The third kappa shape index (κ3) is 6.10. The lowest BCUT2D eigenvalue weighted by Crippen LogP contribution is -2.30. The van der Waals surface area contributed by atoms with E-state index in [0.29, 0.717) is 12.3 Å². The molecular formula is C8H14ClNO3S. The second-order valence-electron chi connectivity index (χ2n) is 2.60. The number of nitrogens with one attached hydrogen (secondary N) is 1. The summed E-state index contributed by atoms with van der Waals surface area (Å²) in [7, 11) is 1.25. The summed E-state index contributed by atoms with van der Waals surface area (Å²) < 4.78 is 4.32.